The van der Waals surface area contributed by atoms with Crippen molar-refractivity contribution >= 4 is 33.5 Å². The Balaban J connectivity index is 2.00. The molecule has 0 unspecified atom stereocenters. The molecule has 0 atom stereocenters. The number of nitrogens with two attached hydrogens (primary N) is 1. The summed E-state index contributed by atoms with van der Waals surface area (Å²) in [6.07, 6.45) is 3.44. The Morgan fingerprint density at radius 3 is 3.11 bits per heavy atom. The lowest BCUT2D eigenvalue weighted by Crippen LogP contribution is -2.10. The lowest BCUT2D eigenvalue weighted by atomic mass is 10.1. The summed E-state index contributed by atoms with van der Waals surface area (Å²) in [5.74, 6) is 0.0374. The summed E-state index contributed by atoms with van der Waals surface area (Å²) < 4.78 is 1.88. The van der Waals surface area contributed by atoms with Crippen molar-refractivity contribution in [3.63, 3.8) is 0 Å². The molecule has 6 nitrogen and oxygen atoms in total. The van der Waals surface area contributed by atoms with Crippen molar-refractivity contribution in [1.29, 1.82) is 5.41 Å². The number of nitrogens with zero attached hydrogens (tertiary/aromatic N) is 4. The van der Waals surface area contributed by atoms with Gasteiger partial charge < -0.3 is 5.73 Å². The summed E-state index contributed by atoms with van der Waals surface area (Å²) >= 11 is 3.11. The Morgan fingerprint density at radius 2 is 2.28 bits per heavy atom. The van der Waals surface area contributed by atoms with E-state index in [1.54, 1.807) is 17.7 Å². The molecule has 0 spiro atoms. The molecule has 0 radical (unpaired) electrons. The van der Waals surface area contributed by atoms with Gasteiger partial charge in [-0.15, -0.1) is 11.3 Å². The Morgan fingerprint density at radius 1 is 1.39 bits per heavy atom. The summed E-state index contributed by atoms with van der Waals surface area (Å²) in [7, 11) is 0. The molecule has 1 aliphatic rings. The molecule has 0 fully saturated rings. The Bertz CT molecular complexity index is 780. The fourth-order valence-electron chi connectivity index (χ4n) is 2.18. The zero-order chi connectivity index (χ0) is 12.3. The minimum absolute atomic E-state index is 0.0374. The molecule has 0 bridgehead atoms. The number of nitrogens with one attached hydrogen (secondary N) is 1. The average molecular weight is 276 g/mol. The summed E-state index contributed by atoms with van der Waals surface area (Å²) in [6, 6.07) is 0. The monoisotopic (exact) mass is 276 g/mol. The number of thiazole rings is 2. The molecule has 1 aliphatic carbocycles. The van der Waals surface area contributed by atoms with Crippen molar-refractivity contribution < 1.29 is 0 Å². The van der Waals surface area contributed by atoms with Crippen LogP contribution < -0.4 is 5.73 Å². The number of aryl methyl sites for hydroxylation is 2. The molecule has 3 aromatic heterocycles. The minimum atomic E-state index is 0.0374. The van der Waals surface area contributed by atoms with E-state index in [4.69, 9.17) is 11.1 Å². The van der Waals surface area contributed by atoms with Gasteiger partial charge in [-0.3, -0.25) is 5.41 Å². The molecule has 0 aromatic carbocycles. The average Bonchev–Trinajstić information content (AvgIpc) is 3.00. The molecule has 3 aromatic rings. The first-order valence-electron chi connectivity index (χ1n) is 5.40. The maximum atomic E-state index is 7.48. The number of rotatable bonds is 1. The van der Waals surface area contributed by atoms with Gasteiger partial charge in [-0.2, -0.15) is 5.10 Å². The maximum absolute atomic E-state index is 7.48. The number of amidine groups is 1. The van der Waals surface area contributed by atoms with Crippen LogP contribution in [0.1, 0.15) is 15.6 Å². The molecular formula is C10H8N6S2. The van der Waals surface area contributed by atoms with E-state index in [0.717, 1.165) is 28.4 Å². The van der Waals surface area contributed by atoms with Gasteiger partial charge in [0.05, 0.1) is 16.3 Å². The van der Waals surface area contributed by atoms with Crippen molar-refractivity contribution in [3.05, 3.63) is 21.9 Å². The Hall–Kier alpha value is -1.80. The largest absolute Gasteiger partial charge is 0.382 e. The number of hydrogen-bond acceptors (Lipinski definition) is 6. The van der Waals surface area contributed by atoms with Crippen molar-refractivity contribution in [2.45, 2.75) is 12.8 Å². The SMILES string of the molecule is N=C(N)c1nc2c(s1)CCc1c-2sc2ncnn12. The third kappa shape index (κ3) is 1.21. The smallest absolute Gasteiger partial charge is 0.212 e. The van der Waals surface area contributed by atoms with E-state index in [1.807, 2.05) is 4.52 Å². The van der Waals surface area contributed by atoms with E-state index in [2.05, 4.69) is 15.1 Å². The van der Waals surface area contributed by atoms with E-state index in [0.29, 0.717) is 5.01 Å². The highest BCUT2D eigenvalue weighted by Crippen LogP contribution is 2.40. The number of fused-ring (bicyclic) bond motifs is 5. The Kier molecular flexibility index (Phi) is 1.90. The maximum Gasteiger partial charge on any atom is 0.212 e. The van der Waals surface area contributed by atoms with Crippen LogP contribution in [-0.4, -0.2) is 25.4 Å². The topological polar surface area (TPSA) is 93.0 Å². The predicted molar refractivity (Wildman–Crippen MR) is 70.4 cm³/mol. The lowest BCUT2D eigenvalue weighted by molar-refractivity contribution is 0.830. The van der Waals surface area contributed by atoms with E-state index in [1.165, 1.54) is 21.9 Å². The van der Waals surface area contributed by atoms with E-state index >= 15 is 0 Å². The first-order valence-corrected chi connectivity index (χ1v) is 7.03. The zero-order valence-corrected chi connectivity index (χ0v) is 10.8. The fourth-order valence-corrected chi connectivity index (χ4v) is 4.27. The Labute approximate surface area is 110 Å². The first-order chi connectivity index (χ1) is 8.74. The van der Waals surface area contributed by atoms with Crippen molar-refractivity contribution in [3.8, 4) is 10.6 Å². The second-order valence-corrected chi connectivity index (χ2v) is 6.10. The van der Waals surface area contributed by atoms with Gasteiger partial charge in [0.15, 0.2) is 10.8 Å². The molecule has 0 amide bonds. The van der Waals surface area contributed by atoms with Gasteiger partial charge in [0.2, 0.25) is 4.96 Å². The molecule has 0 aliphatic heterocycles. The van der Waals surface area contributed by atoms with Crippen LogP contribution in [0.3, 0.4) is 0 Å². The second-order valence-electron chi connectivity index (χ2n) is 4.04. The van der Waals surface area contributed by atoms with Gasteiger partial charge in [-0.25, -0.2) is 14.5 Å². The normalized spacial score (nSPS) is 13.6. The highest BCUT2D eigenvalue weighted by atomic mass is 32.1. The van der Waals surface area contributed by atoms with Gasteiger partial charge in [0.25, 0.3) is 0 Å². The molecule has 3 N–H and O–H groups in total. The van der Waals surface area contributed by atoms with Crippen LogP contribution in [0.5, 0.6) is 0 Å². The standard InChI is InChI=1S/C10H8N6S2/c11-8(12)9-15-6-5(17-9)2-1-4-7(6)18-10-13-3-14-16(4)10/h3H,1-2H2,(H3,11,12). The van der Waals surface area contributed by atoms with Crippen molar-refractivity contribution in [2.75, 3.05) is 0 Å². The van der Waals surface area contributed by atoms with Crippen LogP contribution >= 0.6 is 22.7 Å². The van der Waals surface area contributed by atoms with Crippen molar-refractivity contribution in [2.24, 2.45) is 5.73 Å². The minimum Gasteiger partial charge on any atom is -0.382 e. The fraction of sp³-hybridized carbons (Fsp3) is 0.200. The van der Waals surface area contributed by atoms with Crippen LogP contribution in [0.15, 0.2) is 6.33 Å². The zero-order valence-electron chi connectivity index (χ0n) is 9.17. The predicted octanol–water partition coefficient (Wildman–Crippen LogP) is 1.30. The van der Waals surface area contributed by atoms with Crippen LogP contribution in [0.25, 0.3) is 15.5 Å². The molecule has 8 heteroatoms. The lowest BCUT2D eigenvalue weighted by Gasteiger charge is -2.09. The summed E-state index contributed by atoms with van der Waals surface area (Å²) in [6.45, 7) is 0. The molecule has 4 rings (SSSR count). The van der Waals surface area contributed by atoms with Gasteiger partial charge in [0.1, 0.15) is 6.33 Å². The van der Waals surface area contributed by atoms with Gasteiger partial charge in [-0.1, -0.05) is 11.3 Å². The van der Waals surface area contributed by atoms with Crippen molar-refractivity contribution in [1.82, 2.24) is 19.6 Å². The molecule has 90 valence electrons. The second kappa shape index (κ2) is 3.36. The number of hydrogen-bond donors (Lipinski definition) is 2. The molecule has 0 saturated heterocycles. The molecule has 3 heterocycles. The number of nitrogen functional groups attached to an aromatic ring is 1. The van der Waals surface area contributed by atoms with Gasteiger partial charge in [0, 0.05) is 4.88 Å². The van der Waals surface area contributed by atoms with Crippen LogP contribution in [-0.2, 0) is 12.8 Å². The van der Waals surface area contributed by atoms with E-state index in [9.17, 15) is 0 Å². The molecule has 18 heavy (non-hydrogen) atoms. The third-order valence-electron chi connectivity index (χ3n) is 2.96. The third-order valence-corrected chi connectivity index (χ3v) is 5.20. The molecule has 0 saturated carbocycles. The van der Waals surface area contributed by atoms with Gasteiger partial charge in [-0.05, 0) is 12.8 Å². The summed E-state index contributed by atoms with van der Waals surface area (Å²) in [4.78, 5) is 11.9. The highest BCUT2D eigenvalue weighted by molar-refractivity contribution is 7.21. The van der Waals surface area contributed by atoms with E-state index in [-0.39, 0.29) is 5.84 Å². The van der Waals surface area contributed by atoms with Gasteiger partial charge >= 0.3 is 0 Å². The van der Waals surface area contributed by atoms with Crippen LogP contribution in [0.4, 0.5) is 0 Å². The van der Waals surface area contributed by atoms with Crippen LogP contribution in [0.2, 0.25) is 0 Å². The van der Waals surface area contributed by atoms with Crippen LogP contribution in [0, 0.1) is 5.41 Å². The molecular weight excluding hydrogens is 268 g/mol. The highest BCUT2D eigenvalue weighted by Gasteiger charge is 2.26. The van der Waals surface area contributed by atoms with E-state index < -0.39 is 0 Å². The summed E-state index contributed by atoms with van der Waals surface area (Å²) in [5, 5.41) is 12.3. The number of aromatic nitrogens is 4. The summed E-state index contributed by atoms with van der Waals surface area (Å²) in [5.41, 5.74) is 7.63. The first kappa shape index (κ1) is 10.2. The quantitative estimate of drug-likeness (QED) is 0.517.